The summed E-state index contributed by atoms with van der Waals surface area (Å²) in [6, 6.07) is 0. The third-order valence-electron chi connectivity index (χ3n) is 2.63. The predicted octanol–water partition coefficient (Wildman–Crippen LogP) is 3.94. The molecule has 15 heavy (non-hydrogen) atoms. The van der Waals surface area contributed by atoms with Gasteiger partial charge in [-0.2, -0.15) is 26.3 Å². The molecule has 0 nitrogen and oxygen atoms in total. The summed E-state index contributed by atoms with van der Waals surface area (Å²) >= 11 is 0. The molecule has 1 aliphatic carbocycles. The zero-order valence-electron chi connectivity index (χ0n) is 7.86. The second-order valence-electron chi connectivity index (χ2n) is 3.78. The number of hydrogen-bond acceptors (Lipinski definition) is 0. The third-order valence-corrected chi connectivity index (χ3v) is 2.63. The van der Waals surface area contributed by atoms with Gasteiger partial charge in [-0.05, 0) is 12.3 Å². The molecule has 3 atom stereocenters. The molecule has 3 unspecified atom stereocenters. The van der Waals surface area contributed by atoms with Crippen LogP contribution < -0.4 is 0 Å². The quantitative estimate of drug-likeness (QED) is 0.438. The smallest absolute Gasteiger partial charge is 0.171 e. The van der Waals surface area contributed by atoms with Crippen molar-refractivity contribution < 1.29 is 26.3 Å². The third kappa shape index (κ3) is 2.89. The van der Waals surface area contributed by atoms with Crippen LogP contribution in [0.2, 0.25) is 0 Å². The first-order valence-electron chi connectivity index (χ1n) is 4.44. The summed E-state index contributed by atoms with van der Waals surface area (Å²) in [6.45, 7) is 1.28. The zero-order valence-corrected chi connectivity index (χ0v) is 7.86. The number of allylic oxidation sites excluding steroid dienone is 2. The maximum atomic E-state index is 12.4. The van der Waals surface area contributed by atoms with Gasteiger partial charge in [0.05, 0.1) is 11.8 Å². The van der Waals surface area contributed by atoms with E-state index in [1.165, 1.54) is 6.92 Å². The van der Waals surface area contributed by atoms with E-state index in [2.05, 4.69) is 0 Å². The van der Waals surface area contributed by atoms with Gasteiger partial charge in [0.1, 0.15) is 0 Å². The van der Waals surface area contributed by atoms with Crippen LogP contribution in [-0.4, -0.2) is 12.4 Å². The highest BCUT2D eigenvalue weighted by Gasteiger charge is 2.50. The molecule has 0 spiro atoms. The van der Waals surface area contributed by atoms with Crippen molar-refractivity contribution in [2.24, 2.45) is 17.8 Å². The highest BCUT2D eigenvalue weighted by Crippen LogP contribution is 2.44. The number of alkyl halides is 6. The average molecular weight is 232 g/mol. The van der Waals surface area contributed by atoms with E-state index < -0.39 is 36.5 Å². The summed E-state index contributed by atoms with van der Waals surface area (Å²) in [6.07, 6.45) is -8.22. The lowest BCUT2D eigenvalue weighted by Crippen LogP contribution is -2.36. The molecule has 0 aromatic carbocycles. The molecule has 0 bridgehead atoms. The van der Waals surface area contributed by atoms with Crippen molar-refractivity contribution in [1.82, 2.24) is 0 Å². The number of rotatable bonds is 0. The van der Waals surface area contributed by atoms with Crippen LogP contribution in [0, 0.1) is 17.8 Å². The standard InChI is InChI=1S/C9H10F6/c1-5-2-3-6(8(10,11)12)4-7(5)9(13,14)15/h2-3,5-7H,4H2,1H3. The monoisotopic (exact) mass is 232 g/mol. The van der Waals surface area contributed by atoms with E-state index in [1.54, 1.807) is 0 Å². The van der Waals surface area contributed by atoms with Gasteiger partial charge in [0.15, 0.2) is 0 Å². The van der Waals surface area contributed by atoms with E-state index in [1.807, 2.05) is 0 Å². The van der Waals surface area contributed by atoms with Gasteiger partial charge in [-0.1, -0.05) is 19.1 Å². The summed E-state index contributed by atoms with van der Waals surface area (Å²) in [5.41, 5.74) is 0. The van der Waals surface area contributed by atoms with E-state index in [4.69, 9.17) is 0 Å². The normalized spacial score (nSPS) is 33.1. The lowest BCUT2D eigenvalue weighted by atomic mass is 9.79. The summed E-state index contributed by atoms with van der Waals surface area (Å²) in [5.74, 6) is -4.75. The highest BCUT2D eigenvalue weighted by molar-refractivity contribution is 5.03. The molecular formula is C9H10F6. The molecular weight excluding hydrogens is 222 g/mol. The van der Waals surface area contributed by atoms with Gasteiger partial charge >= 0.3 is 12.4 Å². The Balaban J connectivity index is 2.84. The predicted molar refractivity (Wildman–Crippen MR) is 42.0 cm³/mol. The van der Waals surface area contributed by atoms with Crippen LogP contribution in [0.1, 0.15) is 13.3 Å². The Morgan fingerprint density at radius 1 is 0.933 bits per heavy atom. The van der Waals surface area contributed by atoms with E-state index in [0.717, 1.165) is 12.2 Å². The minimum Gasteiger partial charge on any atom is -0.171 e. The molecule has 0 amide bonds. The summed E-state index contributed by atoms with van der Waals surface area (Å²) in [5, 5.41) is 0. The van der Waals surface area contributed by atoms with Crippen molar-refractivity contribution in [3.63, 3.8) is 0 Å². The SMILES string of the molecule is CC1C=CC(C(F)(F)F)CC1C(F)(F)F. The van der Waals surface area contributed by atoms with Crippen molar-refractivity contribution in [3.8, 4) is 0 Å². The fourth-order valence-corrected chi connectivity index (χ4v) is 1.68. The first-order valence-corrected chi connectivity index (χ1v) is 4.44. The molecule has 0 aromatic heterocycles. The topological polar surface area (TPSA) is 0 Å². The number of hydrogen-bond donors (Lipinski definition) is 0. The molecule has 0 radical (unpaired) electrons. The van der Waals surface area contributed by atoms with Crippen molar-refractivity contribution in [2.45, 2.75) is 25.7 Å². The Kier molecular flexibility index (Phi) is 3.07. The summed E-state index contributed by atoms with van der Waals surface area (Å²) < 4.78 is 73.7. The van der Waals surface area contributed by atoms with Crippen LogP contribution in [-0.2, 0) is 0 Å². The summed E-state index contributed by atoms with van der Waals surface area (Å²) in [4.78, 5) is 0. The Bertz CT molecular complexity index is 248. The van der Waals surface area contributed by atoms with Gasteiger partial charge < -0.3 is 0 Å². The van der Waals surface area contributed by atoms with E-state index in [9.17, 15) is 26.3 Å². The van der Waals surface area contributed by atoms with Crippen LogP contribution in [0.3, 0.4) is 0 Å². The minimum atomic E-state index is -4.58. The Labute approximate surface area is 83.0 Å². The maximum absolute atomic E-state index is 12.4. The molecule has 0 fully saturated rings. The van der Waals surface area contributed by atoms with Crippen molar-refractivity contribution in [1.29, 1.82) is 0 Å². The van der Waals surface area contributed by atoms with Gasteiger partial charge in [0.2, 0.25) is 0 Å². The Morgan fingerprint density at radius 2 is 1.47 bits per heavy atom. The zero-order chi connectivity index (χ0) is 11.9. The Hall–Kier alpha value is -0.680. The van der Waals surface area contributed by atoms with Crippen LogP contribution >= 0.6 is 0 Å². The first kappa shape index (κ1) is 12.4. The minimum absolute atomic E-state index is 0.826. The Morgan fingerprint density at radius 3 is 1.87 bits per heavy atom. The molecule has 0 heterocycles. The van der Waals surface area contributed by atoms with Crippen LogP contribution in [0.25, 0.3) is 0 Å². The lowest BCUT2D eigenvalue weighted by molar-refractivity contribution is -0.212. The fraction of sp³-hybridized carbons (Fsp3) is 0.778. The lowest BCUT2D eigenvalue weighted by Gasteiger charge is -2.32. The van der Waals surface area contributed by atoms with E-state index in [0.29, 0.717) is 0 Å². The van der Waals surface area contributed by atoms with Crippen LogP contribution in [0.5, 0.6) is 0 Å². The van der Waals surface area contributed by atoms with Crippen molar-refractivity contribution >= 4 is 0 Å². The van der Waals surface area contributed by atoms with E-state index in [-0.39, 0.29) is 0 Å². The maximum Gasteiger partial charge on any atom is 0.395 e. The molecule has 1 rings (SSSR count). The van der Waals surface area contributed by atoms with Crippen molar-refractivity contribution in [3.05, 3.63) is 12.2 Å². The van der Waals surface area contributed by atoms with Crippen molar-refractivity contribution in [2.75, 3.05) is 0 Å². The van der Waals surface area contributed by atoms with Gasteiger partial charge in [0.25, 0.3) is 0 Å². The van der Waals surface area contributed by atoms with E-state index >= 15 is 0 Å². The van der Waals surface area contributed by atoms with Gasteiger partial charge in [-0.15, -0.1) is 0 Å². The largest absolute Gasteiger partial charge is 0.395 e. The molecule has 0 N–H and O–H groups in total. The molecule has 0 saturated carbocycles. The second kappa shape index (κ2) is 3.72. The highest BCUT2D eigenvalue weighted by atomic mass is 19.4. The van der Waals surface area contributed by atoms with Crippen LogP contribution in [0.4, 0.5) is 26.3 Å². The summed E-state index contributed by atoms with van der Waals surface area (Å²) in [7, 11) is 0. The van der Waals surface area contributed by atoms with Crippen LogP contribution in [0.15, 0.2) is 12.2 Å². The molecule has 1 aliphatic rings. The van der Waals surface area contributed by atoms with Gasteiger partial charge in [-0.25, -0.2) is 0 Å². The average Bonchev–Trinajstić information content (AvgIpc) is 2.00. The first-order chi connectivity index (χ1) is 6.62. The molecule has 0 aromatic rings. The molecule has 0 saturated heterocycles. The second-order valence-corrected chi connectivity index (χ2v) is 3.78. The number of halogens is 6. The van der Waals surface area contributed by atoms with Gasteiger partial charge in [-0.3, -0.25) is 0 Å². The fourth-order valence-electron chi connectivity index (χ4n) is 1.68. The molecule has 6 heteroatoms. The van der Waals surface area contributed by atoms with Gasteiger partial charge in [0, 0.05) is 0 Å². The molecule has 88 valence electrons. The molecule has 0 aliphatic heterocycles.